The van der Waals surface area contributed by atoms with E-state index in [0.717, 1.165) is 11.1 Å². The summed E-state index contributed by atoms with van der Waals surface area (Å²) in [5.74, 6) is 0.569. The number of aryl methyl sites for hydroxylation is 1. The number of aromatic nitrogens is 1. The van der Waals surface area contributed by atoms with E-state index in [1.54, 1.807) is 25.1 Å². The molecule has 176 valence electrons. The Labute approximate surface area is 197 Å². The number of ketones is 1. The SMILES string of the molecule is CCNC(=O)NCC(=O)Cc1ccc(OC)c(C(N)Oc2cccc3ccc(C)nc23)c1C#N. The Morgan fingerprint density at radius 1 is 1.15 bits per heavy atom. The van der Waals surface area contributed by atoms with Crippen molar-refractivity contribution in [2.24, 2.45) is 5.73 Å². The lowest BCUT2D eigenvalue weighted by Gasteiger charge is -2.21. The molecule has 1 atom stereocenters. The number of hydrogen-bond acceptors (Lipinski definition) is 7. The molecule has 1 heterocycles. The summed E-state index contributed by atoms with van der Waals surface area (Å²) in [6.07, 6.45) is -1.12. The van der Waals surface area contributed by atoms with Crippen molar-refractivity contribution in [2.75, 3.05) is 20.2 Å². The van der Waals surface area contributed by atoms with Gasteiger partial charge in [-0.05, 0) is 37.6 Å². The topological polar surface area (TPSA) is 139 Å². The Morgan fingerprint density at radius 2 is 1.94 bits per heavy atom. The molecule has 0 spiro atoms. The molecule has 4 N–H and O–H groups in total. The number of carbonyl (C=O) groups is 2. The highest BCUT2D eigenvalue weighted by atomic mass is 16.5. The fourth-order valence-corrected chi connectivity index (χ4v) is 3.57. The maximum atomic E-state index is 12.4. The van der Waals surface area contributed by atoms with E-state index in [4.69, 9.17) is 15.2 Å². The van der Waals surface area contributed by atoms with Gasteiger partial charge in [-0.15, -0.1) is 0 Å². The third-order valence-electron chi connectivity index (χ3n) is 5.16. The van der Waals surface area contributed by atoms with Crippen LogP contribution in [0.3, 0.4) is 0 Å². The van der Waals surface area contributed by atoms with E-state index in [9.17, 15) is 14.9 Å². The van der Waals surface area contributed by atoms with E-state index in [2.05, 4.69) is 21.7 Å². The third-order valence-corrected chi connectivity index (χ3v) is 5.16. The Bertz CT molecular complexity index is 1250. The molecule has 0 aliphatic heterocycles. The molecule has 0 saturated heterocycles. The Kier molecular flexibility index (Phi) is 8.01. The second kappa shape index (κ2) is 11.1. The van der Waals surface area contributed by atoms with Gasteiger partial charge in [0.25, 0.3) is 0 Å². The number of fused-ring (bicyclic) bond motifs is 1. The maximum Gasteiger partial charge on any atom is 0.315 e. The number of urea groups is 1. The second-order valence-corrected chi connectivity index (χ2v) is 7.57. The molecule has 1 aromatic heterocycles. The van der Waals surface area contributed by atoms with Gasteiger partial charge in [0.15, 0.2) is 12.0 Å². The van der Waals surface area contributed by atoms with E-state index in [0.29, 0.717) is 34.7 Å². The van der Waals surface area contributed by atoms with Crippen molar-refractivity contribution in [3.05, 3.63) is 64.8 Å². The summed E-state index contributed by atoms with van der Waals surface area (Å²) in [5.41, 5.74) is 8.88. The van der Waals surface area contributed by atoms with Crippen LogP contribution in [0.4, 0.5) is 4.79 Å². The molecule has 9 heteroatoms. The van der Waals surface area contributed by atoms with E-state index in [1.807, 2.05) is 31.2 Å². The predicted molar refractivity (Wildman–Crippen MR) is 128 cm³/mol. The largest absolute Gasteiger partial charge is 0.496 e. The number of nitrogens with one attached hydrogen (secondary N) is 2. The number of amides is 2. The number of nitrogens with zero attached hydrogens (tertiary/aromatic N) is 2. The average molecular weight is 462 g/mol. The number of ether oxygens (including phenoxy) is 2. The lowest BCUT2D eigenvalue weighted by Crippen LogP contribution is -2.38. The molecule has 3 aromatic rings. The van der Waals surface area contributed by atoms with Crippen molar-refractivity contribution in [2.45, 2.75) is 26.5 Å². The van der Waals surface area contributed by atoms with Gasteiger partial charge >= 0.3 is 6.03 Å². The molecule has 34 heavy (non-hydrogen) atoms. The van der Waals surface area contributed by atoms with E-state index < -0.39 is 12.3 Å². The van der Waals surface area contributed by atoms with Crippen LogP contribution in [0.1, 0.15) is 35.5 Å². The van der Waals surface area contributed by atoms with Gasteiger partial charge in [0.2, 0.25) is 0 Å². The van der Waals surface area contributed by atoms with Crippen molar-refractivity contribution in [1.82, 2.24) is 15.6 Å². The quantitative estimate of drug-likeness (QED) is 0.416. The lowest BCUT2D eigenvalue weighted by molar-refractivity contribution is -0.117. The zero-order valence-electron chi connectivity index (χ0n) is 19.3. The van der Waals surface area contributed by atoms with Crippen molar-refractivity contribution in [3.8, 4) is 17.6 Å². The number of methoxy groups -OCH3 is 1. The van der Waals surface area contributed by atoms with Crippen LogP contribution < -0.4 is 25.8 Å². The van der Waals surface area contributed by atoms with Crippen molar-refractivity contribution in [1.29, 1.82) is 5.26 Å². The van der Waals surface area contributed by atoms with Gasteiger partial charge in [-0.1, -0.05) is 24.3 Å². The molecule has 0 fully saturated rings. The Hall–Kier alpha value is -4.16. The van der Waals surface area contributed by atoms with Crippen LogP contribution in [-0.4, -0.2) is 37.0 Å². The average Bonchev–Trinajstić information content (AvgIpc) is 2.83. The molecular formula is C25H27N5O4. The van der Waals surface area contributed by atoms with Crippen LogP contribution in [0.2, 0.25) is 0 Å². The first kappa shape index (κ1) is 24.5. The summed E-state index contributed by atoms with van der Waals surface area (Å²) in [6.45, 7) is 3.94. The standard InChI is InChI=1S/C25H27N5O4/c1-4-28-25(32)29-14-18(31)12-17-10-11-20(33-3)22(19(17)13-26)24(27)34-21-7-5-6-16-9-8-15(2)30-23(16)21/h5-11,24H,4,12,14,27H2,1-3H3,(H2,28,29,32). The van der Waals surface area contributed by atoms with Crippen molar-refractivity contribution >= 4 is 22.7 Å². The highest BCUT2D eigenvalue weighted by Crippen LogP contribution is 2.33. The van der Waals surface area contributed by atoms with Crippen LogP contribution >= 0.6 is 0 Å². The van der Waals surface area contributed by atoms with Crippen LogP contribution in [0.15, 0.2) is 42.5 Å². The molecular weight excluding hydrogens is 434 g/mol. The molecule has 0 radical (unpaired) electrons. The highest BCUT2D eigenvalue weighted by molar-refractivity contribution is 5.87. The maximum absolute atomic E-state index is 12.4. The normalized spacial score (nSPS) is 11.4. The van der Waals surface area contributed by atoms with Gasteiger partial charge in [0.1, 0.15) is 23.1 Å². The van der Waals surface area contributed by atoms with E-state index >= 15 is 0 Å². The highest BCUT2D eigenvalue weighted by Gasteiger charge is 2.23. The van der Waals surface area contributed by atoms with Crippen LogP contribution in [0.25, 0.3) is 10.9 Å². The lowest BCUT2D eigenvalue weighted by atomic mass is 9.96. The summed E-state index contributed by atoms with van der Waals surface area (Å²) in [5, 5.41) is 15.9. The zero-order valence-corrected chi connectivity index (χ0v) is 19.3. The van der Waals surface area contributed by atoms with Crippen LogP contribution in [-0.2, 0) is 11.2 Å². The minimum atomic E-state index is -1.05. The van der Waals surface area contributed by atoms with Crippen LogP contribution in [0, 0.1) is 18.3 Å². The third kappa shape index (κ3) is 5.60. The van der Waals surface area contributed by atoms with Gasteiger partial charge in [0.05, 0.1) is 24.8 Å². The molecule has 2 aromatic carbocycles. The van der Waals surface area contributed by atoms with Gasteiger partial charge in [-0.3, -0.25) is 10.5 Å². The van der Waals surface area contributed by atoms with E-state index in [-0.39, 0.29) is 24.3 Å². The van der Waals surface area contributed by atoms with Gasteiger partial charge in [0, 0.05) is 24.0 Å². The fourth-order valence-electron chi connectivity index (χ4n) is 3.57. The molecule has 0 aliphatic carbocycles. The summed E-state index contributed by atoms with van der Waals surface area (Å²) >= 11 is 0. The number of nitriles is 1. The number of carbonyl (C=O) groups excluding carboxylic acids is 2. The summed E-state index contributed by atoms with van der Waals surface area (Å²) in [4.78, 5) is 28.5. The number of nitrogens with two attached hydrogens (primary N) is 1. The fraction of sp³-hybridized carbons (Fsp3) is 0.280. The zero-order chi connectivity index (χ0) is 24.7. The Balaban J connectivity index is 1.90. The molecule has 3 rings (SSSR count). The number of hydrogen-bond donors (Lipinski definition) is 3. The predicted octanol–water partition coefficient (Wildman–Crippen LogP) is 2.89. The first-order valence-corrected chi connectivity index (χ1v) is 10.8. The summed E-state index contributed by atoms with van der Waals surface area (Å²) in [7, 11) is 1.47. The number of pyridine rings is 1. The van der Waals surface area contributed by atoms with Gasteiger partial charge in [-0.2, -0.15) is 5.26 Å². The first-order valence-electron chi connectivity index (χ1n) is 10.8. The number of para-hydroxylation sites is 1. The first-order chi connectivity index (χ1) is 16.4. The minimum absolute atomic E-state index is 0.0615. The van der Waals surface area contributed by atoms with Crippen molar-refractivity contribution < 1.29 is 19.1 Å². The smallest absolute Gasteiger partial charge is 0.315 e. The minimum Gasteiger partial charge on any atom is -0.496 e. The molecule has 0 bridgehead atoms. The number of rotatable bonds is 9. The van der Waals surface area contributed by atoms with Crippen molar-refractivity contribution in [3.63, 3.8) is 0 Å². The summed E-state index contributed by atoms with van der Waals surface area (Å²) < 4.78 is 11.5. The van der Waals surface area contributed by atoms with Gasteiger partial charge < -0.3 is 20.1 Å². The monoisotopic (exact) mass is 461 g/mol. The van der Waals surface area contributed by atoms with Gasteiger partial charge in [-0.25, -0.2) is 9.78 Å². The van der Waals surface area contributed by atoms with Crippen LogP contribution in [0.5, 0.6) is 11.5 Å². The second-order valence-electron chi connectivity index (χ2n) is 7.57. The number of benzene rings is 2. The number of Topliss-reactive ketones (excluding diaryl/α,β-unsaturated/α-hetero) is 1. The molecule has 1 unspecified atom stereocenters. The molecule has 2 amide bonds. The Morgan fingerprint density at radius 3 is 2.65 bits per heavy atom. The molecule has 0 saturated carbocycles. The molecule has 9 nitrogen and oxygen atoms in total. The van der Waals surface area contributed by atoms with E-state index in [1.165, 1.54) is 7.11 Å². The molecule has 0 aliphatic rings. The summed E-state index contributed by atoms with van der Waals surface area (Å²) in [6, 6.07) is 14.3.